The molecule has 5 nitrogen and oxygen atoms in total. The quantitative estimate of drug-likeness (QED) is 0.592. The molecule has 0 amide bonds. The topological polar surface area (TPSA) is 69.4 Å². The van der Waals surface area contributed by atoms with Gasteiger partial charge in [0.05, 0.1) is 23.5 Å². The minimum absolute atomic E-state index is 0.0232. The van der Waals surface area contributed by atoms with Gasteiger partial charge in [-0.3, -0.25) is 14.9 Å². The molecular weight excluding hydrogens is 222 g/mol. The van der Waals surface area contributed by atoms with Crippen molar-refractivity contribution in [2.45, 2.75) is 25.2 Å². The first kappa shape index (κ1) is 11.6. The highest BCUT2D eigenvalue weighted by Gasteiger charge is 2.50. The van der Waals surface area contributed by atoms with Crippen LogP contribution in [-0.2, 0) is 10.2 Å². The molecule has 0 atom stereocenters. The Hall–Kier alpha value is -1.91. The van der Waals surface area contributed by atoms with Crippen molar-refractivity contribution in [2.75, 3.05) is 7.11 Å². The van der Waals surface area contributed by atoms with E-state index in [1.807, 2.05) is 0 Å². The predicted octanol–water partition coefficient (Wildman–Crippen LogP) is 2.22. The Kier molecular flexibility index (Phi) is 2.61. The highest BCUT2D eigenvalue weighted by molar-refractivity contribution is 5.92. The van der Waals surface area contributed by atoms with Crippen LogP contribution in [0.15, 0.2) is 18.2 Å². The van der Waals surface area contributed by atoms with Gasteiger partial charge in [0.2, 0.25) is 0 Å². The van der Waals surface area contributed by atoms with Crippen molar-refractivity contribution in [2.24, 2.45) is 0 Å². The lowest BCUT2D eigenvalue weighted by atomic mass is 9.91. The normalized spacial score (nSPS) is 16.4. The van der Waals surface area contributed by atoms with E-state index in [2.05, 4.69) is 0 Å². The van der Waals surface area contributed by atoms with Crippen molar-refractivity contribution in [1.82, 2.24) is 0 Å². The Balaban J connectivity index is 2.49. The van der Waals surface area contributed by atoms with Gasteiger partial charge in [0, 0.05) is 11.6 Å². The number of nitro benzene ring substituents is 1. The summed E-state index contributed by atoms with van der Waals surface area (Å²) in [6.07, 6.45) is 1.58. The summed E-state index contributed by atoms with van der Waals surface area (Å²) in [5.41, 5.74) is 0.267. The van der Waals surface area contributed by atoms with Gasteiger partial charge in [0.25, 0.3) is 5.69 Å². The fourth-order valence-corrected chi connectivity index (χ4v) is 2.12. The summed E-state index contributed by atoms with van der Waals surface area (Å²) in [4.78, 5) is 21.8. The molecular formula is C12H13NO4. The van der Waals surface area contributed by atoms with Crippen molar-refractivity contribution in [3.63, 3.8) is 0 Å². The van der Waals surface area contributed by atoms with E-state index < -0.39 is 10.3 Å². The number of nitrogens with zero attached hydrogens (tertiary/aromatic N) is 1. The van der Waals surface area contributed by atoms with Crippen LogP contribution < -0.4 is 4.74 Å². The van der Waals surface area contributed by atoms with Gasteiger partial charge in [0.15, 0.2) is 0 Å². The monoisotopic (exact) mass is 235 g/mol. The van der Waals surface area contributed by atoms with E-state index in [4.69, 9.17) is 4.74 Å². The number of methoxy groups -OCH3 is 1. The molecule has 2 rings (SSSR count). The molecule has 90 valence electrons. The first-order chi connectivity index (χ1) is 8.01. The highest BCUT2D eigenvalue weighted by atomic mass is 16.6. The first-order valence-electron chi connectivity index (χ1n) is 5.35. The number of ketones is 1. The van der Waals surface area contributed by atoms with Crippen molar-refractivity contribution in [3.05, 3.63) is 33.9 Å². The summed E-state index contributed by atoms with van der Waals surface area (Å²) in [6.45, 7) is 1.55. The van der Waals surface area contributed by atoms with Crippen LogP contribution in [0.3, 0.4) is 0 Å². The van der Waals surface area contributed by atoms with Gasteiger partial charge < -0.3 is 4.74 Å². The molecule has 1 aromatic rings. The number of Topliss-reactive ketones (excluding diaryl/α,β-unsaturated/α-hetero) is 1. The third-order valence-electron chi connectivity index (χ3n) is 3.34. The van der Waals surface area contributed by atoms with Crippen LogP contribution in [0.1, 0.15) is 25.3 Å². The second kappa shape index (κ2) is 3.84. The van der Waals surface area contributed by atoms with Crippen LogP contribution in [0, 0.1) is 10.1 Å². The molecule has 0 heterocycles. The molecule has 0 N–H and O–H groups in total. The van der Waals surface area contributed by atoms with E-state index in [0.29, 0.717) is 5.75 Å². The number of rotatable bonds is 4. The third-order valence-corrected chi connectivity index (χ3v) is 3.34. The maximum Gasteiger partial charge on any atom is 0.273 e. The SMILES string of the molecule is COc1cc([N+](=O)[O-])ccc1C1(C(C)=O)CC1. The fourth-order valence-electron chi connectivity index (χ4n) is 2.12. The minimum Gasteiger partial charge on any atom is -0.496 e. The first-order valence-corrected chi connectivity index (χ1v) is 5.35. The predicted molar refractivity (Wildman–Crippen MR) is 61.2 cm³/mol. The smallest absolute Gasteiger partial charge is 0.273 e. The number of carbonyl (C=O) groups excluding carboxylic acids is 1. The molecule has 1 aliphatic carbocycles. The number of carbonyl (C=O) groups is 1. The van der Waals surface area contributed by atoms with Gasteiger partial charge in [-0.15, -0.1) is 0 Å². The van der Waals surface area contributed by atoms with Crippen molar-refractivity contribution in [1.29, 1.82) is 0 Å². The zero-order valence-electron chi connectivity index (χ0n) is 9.73. The Morgan fingerprint density at radius 1 is 1.47 bits per heavy atom. The van der Waals surface area contributed by atoms with E-state index in [1.165, 1.54) is 19.2 Å². The van der Waals surface area contributed by atoms with Crippen molar-refractivity contribution >= 4 is 11.5 Å². The molecule has 0 unspecified atom stereocenters. The van der Waals surface area contributed by atoms with Gasteiger partial charge in [-0.05, 0) is 25.8 Å². The zero-order chi connectivity index (χ0) is 12.6. The molecule has 1 aromatic carbocycles. The van der Waals surface area contributed by atoms with E-state index in [1.54, 1.807) is 13.0 Å². The molecule has 0 saturated heterocycles. The lowest BCUT2D eigenvalue weighted by Gasteiger charge is -2.15. The summed E-state index contributed by atoms with van der Waals surface area (Å²) in [5, 5.41) is 10.7. The average molecular weight is 235 g/mol. The molecule has 1 aliphatic rings. The molecule has 0 radical (unpaired) electrons. The van der Waals surface area contributed by atoms with E-state index >= 15 is 0 Å². The summed E-state index contributed by atoms with van der Waals surface area (Å²) < 4.78 is 5.16. The fraction of sp³-hybridized carbons (Fsp3) is 0.417. The van der Waals surface area contributed by atoms with Gasteiger partial charge in [-0.25, -0.2) is 0 Å². The molecule has 1 fully saturated rings. The number of nitro groups is 1. The lowest BCUT2D eigenvalue weighted by molar-refractivity contribution is -0.384. The largest absolute Gasteiger partial charge is 0.496 e. The zero-order valence-corrected chi connectivity index (χ0v) is 9.73. The van der Waals surface area contributed by atoms with Gasteiger partial charge in [-0.1, -0.05) is 0 Å². The number of benzene rings is 1. The van der Waals surface area contributed by atoms with Crippen molar-refractivity contribution in [3.8, 4) is 5.75 Å². The maximum atomic E-state index is 11.6. The number of ether oxygens (including phenoxy) is 1. The maximum absolute atomic E-state index is 11.6. The van der Waals surface area contributed by atoms with E-state index in [-0.39, 0.29) is 11.5 Å². The van der Waals surface area contributed by atoms with Crippen LogP contribution in [-0.4, -0.2) is 17.8 Å². The molecule has 0 bridgehead atoms. The summed E-state index contributed by atoms with van der Waals surface area (Å²) in [5.74, 6) is 0.511. The number of non-ortho nitro benzene ring substituents is 1. The third kappa shape index (κ3) is 1.77. The number of hydrogen-bond acceptors (Lipinski definition) is 4. The van der Waals surface area contributed by atoms with E-state index in [9.17, 15) is 14.9 Å². The molecule has 1 saturated carbocycles. The average Bonchev–Trinajstić information content (AvgIpc) is 3.09. The number of hydrogen-bond donors (Lipinski definition) is 0. The minimum atomic E-state index is -0.473. The second-order valence-electron chi connectivity index (χ2n) is 4.28. The van der Waals surface area contributed by atoms with Gasteiger partial charge >= 0.3 is 0 Å². The molecule has 0 spiro atoms. The highest BCUT2D eigenvalue weighted by Crippen LogP contribution is 2.52. The molecule has 0 aromatic heterocycles. The Bertz CT molecular complexity index is 491. The van der Waals surface area contributed by atoms with Gasteiger partial charge in [0.1, 0.15) is 11.5 Å². The standard InChI is InChI=1S/C12H13NO4/c1-8(14)12(5-6-12)10-4-3-9(13(15)16)7-11(10)17-2/h3-4,7H,5-6H2,1-2H3. The van der Waals surface area contributed by atoms with Crippen LogP contribution in [0.5, 0.6) is 5.75 Å². The van der Waals surface area contributed by atoms with Crippen LogP contribution in [0.2, 0.25) is 0 Å². The van der Waals surface area contributed by atoms with Crippen LogP contribution >= 0.6 is 0 Å². The molecule has 17 heavy (non-hydrogen) atoms. The van der Waals surface area contributed by atoms with Crippen LogP contribution in [0.4, 0.5) is 5.69 Å². The Labute approximate surface area is 98.5 Å². The molecule has 0 aliphatic heterocycles. The summed E-state index contributed by atoms with van der Waals surface area (Å²) in [7, 11) is 1.46. The van der Waals surface area contributed by atoms with Crippen LogP contribution in [0.25, 0.3) is 0 Å². The second-order valence-corrected chi connectivity index (χ2v) is 4.28. The van der Waals surface area contributed by atoms with E-state index in [0.717, 1.165) is 18.4 Å². The van der Waals surface area contributed by atoms with Crippen molar-refractivity contribution < 1.29 is 14.5 Å². The summed E-state index contributed by atoms with van der Waals surface area (Å²) in [6, 6.07) is 4.42. The lowest BCUT2D eigenvalue weighted by Crippen LogP contribution is -2.18. The Morgan fingerprint density at radius 3 is 2.53 bits per heavy atom. The molecule has 5 heteroatoms. The summed E-state index contributed by atoms with van der Waals surface area (Å²) >= 11 is 0. The van der Waals surface area contributed by atoms with Gasteiger partial charge in [-0.2, -0.15) is 0 Å². The Morgan fingerprint density at radius 2 is 2.12 bits per heavy atom.